The van der Waals surface area contributed by atoms with Gasteiger partial charge in [0.2, 0.25) is 0 Å². The predicted octanol–water partition coefficient (Wildman–Crippen LogP) is 4.32. The number of carbonyl (C=O) groups excluding carboxylic acids is 1. The van der Waals surface area contributed by atoms with E-state index in [1.54, 1.807) is 18.5 Å². The van der Waals surface area contributed by atoms with Crippen molar-refractivity contribution in [3.63, 3.8) is 0 Å². The summed E-state index contributed by atoms with van der Waals surface area (Å²) in [5, 5.41) is 14.0. The van der Waals surface area contributed by atoms with Gasteiger partial charge in [-0.1, -0.05) is 41.9 Å². The molecule has 146 valence electrons. The van der Waals surface area contributed by atoms with E-state index in [4.69, 9.17) is 11.6 Å². The minimum atomic E-state index is -0.168. The Kier molecular flexibility index (Phi) is 5.34. The molecule has 0 spiro atoms. The van der Waals surface area contributed by atoms with Crippen LogP contribution in [0.5, 0.6) is 0 Å². The van der Waals surface area contributed by atoms with Crippen LogP contribution in [0.4, 0.5) is 0 Å². The molecular weight excluding hydrogens is 386 g/mol. The molecule has 1 amide bonds. The smallest absolute Gasteiger partial charge is 0.268 e. The molecule has 0 atom stereocenters. The van der Waals surface area contributed by atoms with E-state index >= 15 is 0 Å². The molecule has 4 rings (SSSR count). The van der Waals surface area contributed by atoms with Crippen molar-refractivity contribution in [2.75, 3.05) is 0 Å². The third-order valence-corrected chi connectivity index (χ3v) is 5.20. The molecule has 4 aromatic rings. The van der Waals surface area contributed by atoms with Gasteiger partial charge < -0.3 is 15.0 Å². The van der Waals surface area contributed by atoms with Gasteiger partial charge in [0.25, 0.3) is 5.91 Å². The highest BCUT2D eigenvalue weighted by Gasteiger charge is 2.16. The van der Waals surface area contributed by atoms with E-state index in [9.17, 15) is 9.90 Å². The molecule has 2 aromatic carbocycles. The summed E-state index contributed by atoms with van der Waals surface area (Å²) in [5.41, 5.74) is 5.05. The van der Waals surface area contributed by atoms with Crippen molar-refractivity contribution < 1.29 is 9.90 Å². The van der Waals surface area contributed by atoms with E-state index in [2.05, 4.69) is 10.3 Å². The molecule has 6 heteroatoms. The Morgan fingerprint density at radius 1 is 1.10 bits per heavy atom. The average Bonchev–Trinajstić information content (AvgIpc) is 3.09. The van der Waals surface area contributed by atoms with E-state index < -0.39 is 0 Å². The van der Waals surface area contributed by atoms with Crippen molar-refractivity contribution in [1.29, 1.82) is 0 Å². The number of aliphatic hydroxyl groups is 1. The van der Waals surface area contributed by atoms with E-state index in [1.165, 1.54) is 0 Å². The van der Waals surface area contributed by atoms with Crippen LogP contribution in [0, 0.1) is 0 Å². The summed E-state index contributed by atoms with van der Waals surface area (Å²) in [6.07, 6.45) is 3.54. The summed E-state index contributed by atoms with van der Waals surface area (Å²) in [6, 6.07) is 17.0. The van der Waals surface area contributed by atoms with Gasteiger partial charge in [-0.3, -0.25) is 9.78 Å². The van der Waals surface area contributed by atoms with Crippen molar-refractivity contribution in [3.05, 3.63) is 88.8 Å². The molecule has 0 saturated carbocycles. The number of hydrogen-bond acceptors (Lipinski definition) is 3. The second-order valence-corrected chi connectivity index (χ2v) is 7.32. The fourth-order valence-electron chi connectivity index (χ4n) is 3.45. The number of halogens is 1. The van der Waals surface area contributed by atoms with Crippen LogP contribution in [0.15, 0.2) is 67.0 Å². The monoisotopic (exact) mass is 405 g/mol. The molecule has 2 heterocycles. The quantitative estimate of drug-likeness (QED) is 0.519. The number of carbonyl (C=O) groups is 1. The standard InChI is InChI=1S/C23H20ClN3O2/c1-27-21(23(29)26-11-15-4-3-7-18(24)9-15)10-19-20(12-25-13-22(19)27)17-6-2-5-16(8-17)14-28/h2-10,12-13,28H,11,14H2,1H3,(H,26,29). The third kappa shape index (κ3) is 3.88. The first kappa shape index (κ1) is 19.2. The van der Waals surface area contributed by atoms with E-state index in [-0.39, 0.29) is 12.5 Å². The maximum absolute atomic E-state index is 12.8. The van der Waals surface area contributed by atoms with Crippen LogP contribution in [0.3, 0.4) is 0 Å². The lowest BCUT2D eigenvalue weighted by atomic mass is 10.0. The van der Waals surface area contributed by atoms with E-state index in [0.717, 1.165) is 33.2 Å². The SMILES string of the molecule is Cn1c(C(=O)NCc2cccc(Cl)c2)cc2c(-c3cccc(CO)c3)cncc21. The molecule has 0 aliphatic rings. The van der Waals surface area contributed by atoms with Gasteiger partial charge in [-0.25, -0.2) is 0 Å². The number of hydrogen-bond donors (Lipinski definition) is 2. The molecule has 0 aliphatic heterocycles. The summed E-state index contributed by atoms with van der Waals surface area (Å²) in [5.74, 6) is -0.168. The fraction of sp³-hybridized carbons (Fsp3) is 0.130. The van der Waals surface area contributed by atoms with Crippen LogP contribution in [-0.2, 0) is 20.2 Å². The van der Waals surface area contributed by atoms with Crippen LogP contribution in [0.25, 0.3) is 22.0 Å². The number of aliphatic hydroxyl groups excluding tert-OH is 1. The number of benzene rings is 2. The molecule has 5 nitrogen and oxygen atoms in total. The first-order valence-corrected chi connectivity index (χ1v) is 9.61. The molecular formula is C23H20ClN3O2. The lowest BCUT2D eigenvalue weighted by Gasteiger charge is -2.07. The van der Waals surface area contributed by atoms with E-state index in [0.29, 0.717) is 17.3 Å². The Morgan fingerprint density at radius 2 is 1.90 bits per heavy atom. The number of fused-ring (bicyclic) bond motifs is 1. The number of aromatic nitrogens is 2. The second-order valence-electron chi connectivity index (χ2n) is 6.88. The third-order valence-electron chi connectivity index (χ3n) is 4.97. The molecule has 0 fully saturated rings. The zero-order valence-electron chi connectivity index (χ0n) is 15.9. The zero-order chi connectivity index (χ0) is 20.4. The van der Waals surface area contributed by atoms with Crippen LogP contribution in [0.1, 0.15) is 21.6 Å². The van der Waals surface area contributed by atoms with Crippen LogP contribution < -0.4 is 5.32 Å². The second kappa shape index (κ2) is 8.07. The van der Waals surface area contributed by atoms with Crippen molar-refractivity contribution >= 4 is 28.4 Å². The average molecular weight is 406 g/mol. The number of nitrogens with one attached hydrogen (secondary N) is 1. The first-order chi connectivity index (χ1) is 14.1. The lowest BCUT2D eigenvalue weighted by molar-refractivity contribution is 0.0943. The Hall–Kier alpha value is -3.15. The number of amides is 1. The Labute approximate surface area is 173 Å². The molecule has 2 aromatic heterocycles. The number of pyridine rings is 1. The normalized spacial score (nSPS) is 11.0. The summed E-state index contributed by atoms with van der Waals surface area (Å²) < 4.78 is 1.84. The number of nitrogens with zero attached hydrogens (tertiary/aromatic N) is 2. The number of aryl methyl sites for hydroxylation is 1. The molecule has 29 heavy (non-hydrogen) atoms. The Bertz CT molecular complexity index is 1200. The molecule has 0 saturated heterocycles. The highest BCUT2D eigenvalue weighted by Crippen LogP contribution is 2.30. The van der Waals surface area contributed by atoms with Crippen molar-refractivity contribution in [2.45, 2.75) is 13.2 Å². The number of rotatable bonds is 5. The van der Waals surface area contributed by atoms with Gasteiger partial charge in [-0.05, 0) is 41.0 Å². The molecule has 0 bridgehead atoms. The summed E-state index contributed by atoms with van der Waals surface area (Å²) in [6.45, 7) is 0.369. The predicted molar refractivity (Wildman–Crippen MR) is 115 cm³/mol. The van der Waals surface area contributed by atoms with Gasteiger partial charge in [0, 0.05) is 35.8 Å². The summed E-state index contributed by atoms with van der Waals surface area (Å²) in [4.78, 5) is 17.2. The van der Waals surface area contributed by atoms with Crippen LogP contribution in [-0.4, -0.2) is 20.6 Å². The zero-order valence-corrected chi connectivity index (χ0v) is 16.6. The molecule has 0 radical (unpaired) electrons. The van der Waals surface area contributed by atoms with Gasteiger partial charge >= 0.3 is 0 Å². The highest BCUT2D eigenvalue weighted by atomic mass is 35.5. The van der Waals surface area contributed by atoms with Gasteiger partial charge in [0.15, 0.2) is 0 Å². The summed E-state index contributed by atoms with van der Waals surface area (Å²) in [7, 11) is 1.85. The van der Waals surface area contributed by atoms with Crippen LogP contribution >= 0.6 is 11.6 Å². The van der Waals surface area contributed by atoms with Crippen molar-refractivity contribution in [3.8, 4) is 11.1 Å². The largest absolute Gasteiger partial charge is 0.392 e. The Balaban J connectivity index is 1.67. The minimum absolute atomic E-state index is 0.0246. The molecule has 0 unspecified atom stereocenters. The minimum Gasteiger partial charge on any atom is -0.392 e. The van der Waals surface area contributed by atoms with E-state index in [1.807, 2.05) is 60.1 Å². The van der Waals surface area contributed by atoms with Crippen molar-refractivity contribution in [2.24, 2.45) is 7.05 Å². The van der Waals surface area contributed by atoms with Gasteiger partial charge in [-0.15, -0.1) is 0 Å². The molecule has 0 aliphatic carbocycles. The lowest BCUT2D eigenvalue weighted by Crippen LogP contribution is -2.24. The highest BCUT2D eigenvalue weighted by molar-refractivity contribution is 6.30. The maximum Gasteiger partial charge on any atom is 0.268 e. The van der Waals surface area contributed by atoms with Crippen LogP contribution in [0.2, 0.25) is 5.02 Å². The van der Waals surface area contributed by atoms with Gasteiger partial charge in [-0.2, -0.15) is 0 Å². The van der Waals surface area contributed by atoms with Gasteiger partial charge in [0.1, 0.15) is 5.69 Å². The molecule has 2 N–H and O–H groups in total. The topological polar surface area (TPSA) is 67.2 Å². The Morgan fingerprint density at radius 3 is 2.69 bits per heavy atom. The first-order valence-electron chi connectivity index (χ1n) is 9.23. The fourth-order valence-corrected chi connectivity index (χ4v) is 3.66. The summed E-state index contributed by atoms with van der Waals surface area (Å²) >= 11 is 6.01. The maximum atomic E-state index is 12.8. The van der Waals surface area contributed by atoms with Crippen molar-refractivity contribution in [1.82, 2.24) is 14.9 Å². The van der Waals surface area contributed by atoms with Gasteiger partial charge in [0.05, 0.1) is 18.3 Å².